The Morgan fingerprint density at radius 3 is 2.44 bits per heavy atom. The maximum Gasteiger partial charge on any atom is 0.274 e. The van der Waals surface area contributed by atoms with Gasteiger partial charge < -0.3 is 10.1 Å². The Labute approximate surface area is 146 Å². The Balaban J connectivity index is 1.78. The molecule has 2 aromatic rings. The quantitative estimate of drug-likeness (QED) is 0.410. The van der Waals surface area contributed by atoms with Crippen molar-refractivity contribution in [1.82, 2.24) is 10.8 Å². The average molecular weight is 340 g/mol. The monoisotopic (exact) mass is 340 g/mol. The molecule has 6 heteroatoms. The second-order valence-corrected chi connectivity index (χ2v) is 5.43. The third-order valence-corrected chi connectivity index (χ3v) is 3.33. The van der Waals surface area contributed by atoms with E-state index in [9.17, 15) is 9.59 Å². The number of carbonyl (C=O) groups excluding carboxylic acids is 2. The second-order valence-electron chi connectivity index (χ2n) is 5.43. The van der Waals surface area contributed by atoms with Crippen LogP contribution in [0.15, 0.2) is 60.7 Å². The van der Waals surface area contributed by atoms with Gasteiger partial charge in [-0.1, -0.05) is 30.3 Å². The van der Waals surface area contributed by atoms with E-state index >= 15 is 0 Å². The van der Waals surface area contributed by atoms with Crippen molar-refractivity contribution < 1.29 is 19.5 Å². The Kier molecular flexibility index (Phi) is 6.74. The molecule has 0 heterocycles. The first-order valence-corrected chi connectivity index (χ1v) is 7.79. The number of ether oxygens (including phenoxy) is 1. The van der Waals surface area contributed by atoms with Crippen LogP contribution in [0.25, 0.3) is 6.08 Å². The van der Waals surface area contributed by atoms with E-state index in [1.807, 2.05) is 37.3 Å². The van der Waals surface area contributed by atoms with Gasteiger partial charge in [0.1, 0.15) is 12.4 Å². The number of benzene rings is 2. The van der Waals surface area contributed by atoms with E-state index in [0.29, 0.717) is 11.3 Å². The molecule has 0 aliphatic heterocycles. The predicted octanol–water partition coefficient (Wildman–Crippen LogP) is 2.40. The minimum atomic E-state index is -0.586. The van der Waals surface area contributed by atoms with E-state index in [-0.39, 0.29) is 18.6 Å². The van der Waals surface area contributed by atoms with Crippen molar-refractivity contribution in [2.24, 2.45) is 0 Å². The highest BCUT2D eigenvalue weighted by molar-refractivity contribution is 5.93. The molecule has 0 spiro atoms. The van der Waals surface area contributed by atoms with Crippen molar-refractivity contribution in [3.05, 3.63) is 71.8 Å². The summed E-state index contributed by atoms with van der Waals surface area (Å²) < 4.78 is 5.57. The molecule has 0 aliphatic rings. The molecule has 2 amide bonds. The van der Waals surface area contributed by atoms with Gasteiger partial charge in [-0.25, -0.2) is 5.48 Å². The number of amides is 2. The first-order chi connectivity index (χ1) is 12.1. The van der Waals surface area contributed by atoms with Gasteiger partial charge in [0.15, 0.2) is 0 Å². The molecule has 0 fully saturated rings. The molecule has 0 saturated heterocycles. The van der Waals surface area contributed by atoms with Crippen LogP contribution in [0.3, 0.4) is 0 Å². The van der Waals surface area contributed by atoms with Crippen LogP contribution in [-0.2, 0) is 4.79 Å². The lowest BCUT2D eigenvalue weighted by Crippen LogP contribution is -2.35. The van der Waals surface area contributed by atoms with Gasteiger partial charge in [-0.3, -0.25) is 14.8 Å². The topological polar surface area (TPSA) is 87.7 Å². The molecule has 0 unspecified atom stereocenters. The lowest BCUT2D eigenvalue weighted by Gasteiger charge is -2.14. The maximum atomic E-state index is 11.9. The zero-order valence-electron chi connectivity index (χ0n) is 13.8. The highest BCUT2D eigenvalue weighted by Crippen LogP contribution is 2.12. The first kappa shape index (κ1) is 18.2. The van der Waals surface area contributed by atoms with E-state index in [1.165, 1.54) is 18.2 Å². The fourth-order valence-corrected chi connectivity index (χ4v) is 2.06. The van der Waals surface area contributed by atoms with Crippen molar-refractivity contribution in [3.63, 3.8) is 0 Å². The van der Waals surface area contributed by atoms with Gasteiger partial charge in [0.05, 0.1) is 6.04 Å². The molecule has 0 bridgehead atoms. The molecule has 0 aromatic heterocycles. The van der Waals surface area contributed by atoms with Gasteiger partial charge >= 0.3 is 0 Å². The lowest BCUT2D eigenvalue weighted by molar-refractivity contribution is -0.117. The van der Waals surface area contributed by atoms with E-state index in [4.69, 9.17) is 9.94 Å². The zero-order valence-corrected chi connectivity index (χ0v) is 13.8. The van der Waals surface area contributed by atoms with Crippen LogP contribution >= 0.6 is 0 Å². The molecule has 130 valence electrons. The van der Waals surface area contributed by atoms with Crippen LogP contribution in [0.5, 0.6) is 5.75 Å². The first-order valence-electron chi connectivity index (χ1n) is 7.79. The van der Waals surface area contributed by atoms with Crippen molar-refractivity contribution in [1.29, 1.82) is 0 Å². The summed E-state index contributed by atoms with van der Waals surface area (Å²) >= 11 is 0. The molecule has 2 aromatic carbocycles. The Hall–Kier alpha value is -3.12. The SMILES string of the molecule is C[C@H](COc1ccc(C(=O)NO)cc1)NC(=O)/C=C/c1ccccc1. The van der Waals surface area contributed by atoms with E-state index in [2.05, 4.69) is 5.32 Å². The number of carbonyl (C=O) groups is 2. The number of hydroxylamine groups is 1. The number of rotatable bonds is 7. The highest BCUT2D eigenvalue weighted by Gasteiger charge is 2.07. The third-order valence-electron chi connectivity index (χ3n) is 3.33. The fourth-order valence-electron chi connectivity index (χ4n) is 2.06. The van der Waals surface area contributed by atoms with Crippen LogP contribution in [0.2, 0.25) is 0 Å². The van der Waals surface area contributed by atoms with E-state index in [1.54, 1.807) is 23.7 Å². The van der Waals surface area contributed by atoms with Crippen molar-refractivity contribution in [2.75, 3.05) is 6.61 Å². The summed E-state index contributed by atoms with van der Waals surface area (Å²) in [5.74, 6) is -0.220. The van der Waals surface area contributed by atoms with Crippen molar-refractivity contribution in [2.45, 2.75) is 13.0 Å². The smallest absolute Gasteiger partial charge is 0.274 e. The average Bonchev–Trinajstić information content (AvgIpc) is 2.65. The Morgan fingerprint density at radius 2 is 1.80 bits per heavy atom. The molecule has 0 radical (unpaired) electrons. The minimum absolute atomic E-state index is 0.187. The van der Waals surface area contributed by atoms with Crippen molar-refractivity contribution in [3.8, 4) is 5.75 Å². The largest absolute Gasteiger partial charge is 0.491 e. The molecular weight excluding hydrogens is 320 g/mol. The van der Waals surface area contributed by atoms with Gasteiger partial charge in [0.25, 0.3) is 5.91 Å². The van der Waals surface area contributed by atoms with Crippen LogP contribution in [0.1, 0.15) is 22.8 Å². The van der Waals surface area contributed by atoms with Crippen LogP contribution in [0, 0.1) is 0 Å². The minimum Gasteiger partial charge on any atom is -0.491 e. The molecule has 0 saturated carbocycles. The van der Waals surface area contributed by atoms with Crippen LogP contribution in [0.4, 0.5) is 0 Å². The summed E-state index contributed by atoms with van der Waals surface area (Å²) in [6.07, 6.45) is 3.22. The van der Waals surface area contributed by atoms with Gasteiger partial charge in [0, 0.05) is 11.6 Å². The fraction of sp³-hybridized carbons (Fsp3) is 0.158. The molecule has 2 rings (SSSR count). The summed E-state index contributed by atoms with van der Waals surface area (Å²) in [5.41, 5.74) is 2.84. The van der Waals surface area contributed by atoms with Crippen LogP contribution < -0.4 is 15.5 Å². The number of hydrogen-bond donors (Lipinski definition) is 3. The standard InChI is InChI=1S/C19H20N2O4/c1-14(20-18(22)12-7-15-5-3-2-4-6-15)13-25-17-10-8-16(9-11-17)19(23)21-24/h2-12,14,24H,13H2,1H3,(H,20,22)(H,21,23)/b12-7+/t14-/m1/s1. The third kappa shape index (κ3) is 6.12. The zero-order chi connectivity index (χ0) is 18.1. The summed E-state index contributed by atoms with van der Waals surface area (Å²) in [6, 6.07) is 15.7. The van der Waals surface area contributed by atoms with Crippen LogP contribution in [-0.4, -0.2) is 29.7 Å². The van der Waals surface area contributed by atoms with E-state index in [0.717, 1.165) is 5.56 Å². The Morgan fingerprint density at radius 1 is 1.12 bits per heavy atom. The number of nitrogens with one attached hydrogen (secondary N) is 2. The molecular formula is C19H20N2O4. The highest BCUT2D eigenvalue weighted by atomic mass is 16.5. The van der Waals surface area contributed by atoms with E-state index < -0.39 is 5.91 Å². The summed E-state index contributed by atoms with van der Waals surface area (Å²) in [4.78, 5) is 23.1. The molecule has 1 atom stereocenters. The van der Waals surface area contributed by atoms with Gasteiger partial charge in [-0.2, -0.15) is 0 Å². The predicted molar refractivity (Wildman–Crippen MR) is 94.3 cm³/mol. The normalized spacial score (nSPS) is 11.8. The van der Waals surface area contributed by atoms with Gasteiger partial charge in [-0.15, -0.1) is 0 Å². The van der Waals surface area contributed by atoms with Gasteiger partial charge in [-0.05, 0) is 42.8 Å². The summed E-state index contributed by atoms with van der Waals surface area (Å²) in [7, 11) is 0. The molecule has 25 heavy (non-hydrogen) atoms. The second kappa shape index (κ2) is 9.24. The van der Waals surface area contributed by atoms with Crippen molar-refractivity contribution >= 4 is 17.9 Å². The summed E-state index contributed by atoms with van der Waals surface area (Å²) in [6.45, 7) is 2.12. The number of hydrogen-bond acceptors (Lipinski definition) is 4. The summed E-state index contributed by atoms with van der Waals surface area (Å²) in [5, 5.41) is 11.4. The Bertz CT molecular complexity index is 727. The molecule has 0 aliphatic carbocycles. The molecule has 3 N–H and O–H groups in total. The van der Waals surface area contributed by atoms with Gasteiger partial charge in [0.2, 0.25) is 5.91 Å². The lowest BCUT2D eigenvalue weighted by atomic mass is 10.2. The molecule has 6 nitrogen and oxygen atoms in total. The maximum absolute atomic E-state index is 11.9.